The van der Waals surface area contributed by atoms with Crippen molar-refractivity contribution in [3.63, 3.8) is 0 Å². The Labute approximate surface area is 179 Å². The maximum atomic E-state index is 12.9. The van der Waals surface area contributed by atoms with Crippen molar-refractivity contribution < 1.29 is 4.79 Å². The molecule has 5 rings (SSSR count). The fraction of sp³-hybridized carbons (Fsp3) is 0.480. The molecule has 0 spiro atoms. The smallest absolute Gasteiger partial charge is 0.251 e. The second kappa shape index (κ2) is 8.40. The average molecular weight is 405 g/mol. The third-order valence-electron chi connectivity index (χ3n) is 7.22. The van der Waals surface area contributed by atoms with Gasteiger partial charge in [0.05, 0.1) is 6.04 Å². The number of hydrogen-bond acceptors (Lipinski definition) is 4. The number of nitrogens with zero attached hydrogens (tertiary/aromatic N) is 1. The van der Waals surface area contributed by atoms with Crippen molar-refractivity contribution in [3.8, 4) is 0 Å². The zero-order chi connectivity index (χ0) is 20.5. The third-order valence-corrected chi connectivity index (χ3v) is 7.22. The lowest BCUT2D eigenvalue weighted by Crippen LogP contribution is -2.40. The Bertz CT molecular complexity index is 899. The second-order valence-corrected chi connectivity index (χ2v) is 8.85. The highest BCUT2D eigenvalue weighted by Gasteiger charge is 2.40. The van der Waals surface area contributed by atoms with E-state index in [9.17, 15) is 4.79 Å². The minimum absolute atomic E-state index is 0.0421. The van der Waals surface area contributed by atoms with Gasteiger partial charge in [-0.15, -0.1) is 0 Å². The third kappa shape index (κ3) is 3.61. The molecular formula is C25H32N4O. The number of nitrogens with one attached hydrogen (secondary N) is 3. The van der Waals surface area contributed by atoms with E-state index < -0.39 is 0 Å². The van der Waals surface area contributed by atoms with Gasteiger partial charge in [-0.3, -0.25) is 9.69 Å². The van der Waals surface area contributed by atoms with Gasteiger partial charge >= 0.3 is 0 Å². The molecule has 2 saturated heterocycles. The van der Waals surface area contributed by atoms with E-state index in [0.29, 0.717) is 24.0 Å². The molecule has 30 heavy (non-hydrogen) atoms. The van der Waals surface area contributed by atoms with Crippen molar-refractivity contribution in [2.75, 3.05) is 31.5 Å². The van der Waals surface area contributed by atoms with Crippen LogP contribution in [-0.4, -0.2) is 43.0 Å². The number of amides is 1. The number of rotatable bonds is 5. The van der Waals surface area contributed by atoms with Gasteiger partial charge in [0.15, 0.2) is 0 Å². The molecule has 2 aromatic carbocycles. The number of likely N-dealkylation sites (tertiary alicyclic amines) is 1. The number of hydrogen-bond donors (Lipinski definition) is 3. The molecule has 2 unspecified atom stereocenters. The summed E-state index contributed by atoms with van der Waals surface area (Å²) in [6.45, 7) is 6.17. The first-order valence-electron chi connectivity index (χ1n) is 11.5. The van der Waals surface area contributed by atoms with E-state index in [4.69, 9.17) is 0 Å². The van der Waals surface area contributed by atoms with Crippen molar-refractivity contribution in [1.82, 2.24) is 15.5 Å². The van der Waals surface area contributed by atoms with Gasteiger partial charge in [-0.1, -0.05) is 37.3 Å². The molecule has 0 radical (unpaired) electrons. The van der Waals surface area contributed by atoms with Gasteiger partial charge in [0.25, 0.3) is 5.91 Å². The zero-order valence-electron chi connectivity index (χ0n) is 17.7. The minimum atomic E-state index is 0.0421. The average Bonchev–Trinajstić information content (AvgIpc) is 3.46. The van der Waals surface area contributed by atoms with Crippen LogP contribution in [0.3, 0.4) is 0 Å². The largest absolute Gasteiger partial charge is 0.378 e. The zero-order valence-corrected chi connectivity index (χ0v) is 17.7. The van der Waals surface area contributed by atoms with Crippen molar-refractivity contribution in [2.24, 2.45) is 5.92 Å². The van der Waals surface area contributed by atoms with Crippen LogP contribution in [0.5, 0.6) is 0 Å². The van der Waals surface area contributed by atoms with Crippen LogP contribution in [0, 0.1) is 5.92 Å². The Balaban J connectivity index is 1.34. The number of carbonyl (C=O) groups excluding carboxylic acids is 1. The minimum Gasteiger partial charge on any atom is -0.378 e. The van der Waals surface area contributed by atoms with E-state index in [-0.39, 0.29) is 5.91 Å². The Hall–Kier alpha value is -2.37. The lowest BCUT2D eigenvalue weighted by atomic mass is 9.80. The number of benzene rings is 2. The molecule has 4 atom stereocenters. The van der Waals surface area contributed by atoms with E-state index in [1.807, 2.05) is 6.07 Å². The summed E-state index contributed by atoms with van der Waals surface area (Å²) in [7, 11) is 0. The normalized spacial score (nSPS) is 27.9. The SMILES string of the molecule is CCN1CCCC1CNC(=O)c1ccc2c(c1)[C@H]1NCC[C@H]1C(c1ccccc1)N2. The van der Waals surface area contributed by atoms with Crippen molar-refractivity contribution in [2.45, 2.75) is 44.3 Å². The molecule has 1 amide bonds. The van der Waals surface area contributed by atoms with Crippen LogP contribution in [-0.2, 0) is 0 Å². The van der Waals surface area contributed by atoms with E-state index in [1.165, 1.54) is 24.0 Å². The van der Waals surface area contributed by atoms with Crippen molar-refractivity contribution in [3.05, 3.63) is 65.2 Å². The number of carbonyl (C=O) groups is 1. The number of fused-ring (bicyclic) bond motifs is 3. The summed E-state index contributed by atoms with van der Waals surface area (Å²) in [5.74, 6) is 0.537. The molecule has 3 aliphatic heterocycles. The van der Waals surface area contributed by atoms with E-state index in [2.05, 4.69) is 70.2 Å². The first-order valence-corrected chi connectivity index (χ1v) is 11.5. The summed E-state index contributed by atoms with van der Waals surface area (Å²) >= 11 is 0. The fourth-order valence-corrected chi connectivity index (χ4v) is 5.64. The lowest BCUT2D eigenvalue weighted by Gasteiger charge is -2.37. The Morgan fingerprint density at radius 2 is 2.00 bits per heavy atom. The van der Waals surface area contributed by atoms with Gasteiger partial charge in [-0.2, -0.15) is 0 Å². The summed E-state index contributed by atoms with van der Waals surface area (Å²) in [5, 5.41) is 10.6. The molecule has 0 aromatic heterocycles. The number of likely N-dealkylation sites (N-methyl/N-ethyl adjacent to an activating group) is 1. The van der Waals surface area contributed by atoms with Crippen molar-refractivity contribution in [1.29, 1.82) is 0 Å². The maximum absolute atomic E-state index is 12.9. The molecule has 3 aliphatic rings. The summed E-state index contributed by atoms with van der Waals surface area (Å²) in [6, 6.07) is 17.9. The molecule has 3 N–H and O–H groups in total. The monoisotopic (exact) mass is 404 g/mol. The predicted molar refractivity (Wildman–Crippen MR) is 121 cm³/mol. The van der Waals surface area contributed by atoms with Crippen LogP contribution in [0.1, 0.15) is 59.8 Å². The van der Waals surface area contributed by atoms with Crippen LogP contribution in [0.25, 0.3) is 0 Å². The molecule has 158 valence electrons. The predicted octanol–water partition coefficient (Wildman–Crippen LogP) is 3.72. The van der Waals surface area contributed by atoms with Gasteiger partial charge in [0.1, 0.15) is 0 Å². The second-order valence-electron chi connectivity index (χ2n) is 8.85. The van der Waals surface area contributed by atoms with Gasteiger partial charge in [0, 0.05) is 35.8 Å². The van der Waals surface area contributed by atoms with Gasteiger partial charge < -0.3 is 16.0 Å². The number of anilines is 1. The first-order chi connectivity index (χ1) is 14.7. The van der Waals surface area contributed by atoms with Crippen LogP contribution in [0.4, 0.5) is 5.69 Å². The molecule has 0 saturated carbocycles. The van der Waals surface area contributed by atoms with E-state index in [1.54, 1.807) is 0 Å². The van der Waals surface area contributed by atoms with E-state index >= 15 is 0 Å². The van der Waals surface area contributed by atoms with Gasteiger partial charge in [0.2, 0.25) is 0 Å². The highest BCUT2D eigenvalue weighted by atomic mass is 16.1. The highest BCUT2D eigenvalue weighted by Crippen LogP contribution is 2.47. The summed E-state index contributed by atoms with van der Waals surface area (Å²) in [4.78, 5) is 15.4. The summed E-state index contributed by atoms with van der Waals surface area (Å²) in [6.07, 6.45) is 3.55. The quantitative estimate of drug-likeness (QED) is 0.711. The molecule has 5 heteroatoms. The molecule has 0 bridgehead atoms. The Morgan fingerprint density at radius 1 is 1.13 bits per heavy atom. The lowest BCUT2D eigenvalue weighted by molar-refractivity contribution is 0.0941. The molecule has 2 aromatic rings. The van der Waals surface area contributed by atoms with Crippen molar-refractivity contribution >= 4 is 11.6 Å². The summed E-state index contributed by atoms with van der Waals surface area (Å²) < 4.78 is 0. The van der Waals surface area contributed by atoms with Gasteiger partial charge in [-0.25, -0.2) is 0 Å². The molecule has 2 fully saturated rings. The Morgan fingerprint density at radius 3 is 2.83 bits per heavy atom. The molecule has 3 heterocycles. The molecule has 0 aliphatic carbocycles. The molecule has 5 nitrogen and oxygen atoms in total. The maximum Gasteiger partial charge on any atom is 0.251 e. The first kappa shape index (κ1) is 19.6. The standard InChI is InChI=1S/C25H32N4O/c1-2-29-14-6-9-19(29)16-27-25(30)18-10-11-22-21(15-18)24-20(12-13-26-24)23(28-22)17-7-4-3-5-8-17/h3-5,7-8,10-11,15,19-20,23-24,26,28H,2,6,9,12-14,16H2,1H3,(H,27,30)/t19?,20-,23?,24-/m0/s1. The van der Waals surface area contributed by atoms with Crippen LogP contribution < -0.4 is 16.0 Å². The van der Waals surface area contributed by atoms with Crippen LogP contribution >= 0.6 is 0 Å². The fourth-order valence-electron chi connectivity index (χ4n) is 5.64. The molecular weight excluding hydrogens is 372 g/mol. The Kier molecular flexibility index (Phi) is 5.48. The van der Waals surface area contributed by atoms with E-state index in [0.717, 1.165) is 43.9 Å². The summed E-state index contributed by atoms with van der Waals surface area (Å²) in [5.41, 5.74) is 4.47. The highest BCUT2D eigenvalue weighted by molar-refractivity contribution is 5.95. The van der Waals surface area contributed by atoms with Crippen LogP contribution in [0.15, 0.2) is 48.5 Å². The van der Waals surface area contributed by atoms with Crippen LogP contribution in [0.2, 0.25) is 0 Å². The van der Waals surface area contributed by atoms with Gasteiger partial charge in [-0.05, 0) is 68.2 Å². The topological polar surface area (TPSA) is 56.4 Å².